The second kappa shape index (κ2) is 11.5. The van der Waals surface area contributed by atoms with Gasteiger partial charge in [0, 0.05) is 41.3 Å². The van der Waals surface area contributed by atoms with E-state index in [1.807, 2.05) is 19.1 Å². The first-order valence-corrected chi connectivity index (χ1v) is 10.8. The number of aliphatic hydroxyl groups is 1. The minimum Gasteiger partial charge on any atom is -0.386 e. The number of halogens is 1. The van der Waals surface area contributed by atoms with Gasteiger partial charge < -0.3 is 20.5 Å². The quantitative estimate of drug-likeness (QED) is 0.290. The van der Waals surface area contributed by atoms with Gasteiger partial charge in [0.05, 0.1) is 19.8 Å². The highest BCUT2D eigenvalue weighted by molar-refractivity contribution is 14.0. The lowest BCUT2D eigenvalue weighted by molar-refractivity contribution is -0.00684. The lowest BCUT2D eigenvalue weighted by Crippen LogP contribution is -2.52. The zero-order valence-corrected chi connectivity index (χ0v) is 20.6. The Labute approximate surface area is 194 Å². The summed E-state index contributed by atoms with van der Waals surface area (Å²) in [5, 5.41) is 18.4. The molecular weight excluding hydrogens is 499 g/mol. The van der Waals surface area contributed by atoms with Crippen LogP contribution in [0.5, 0.6) is 0 Å². The number of hydrogen-bond donors (Lipinski definition) is 3. The van der Waals surface area contributed by atoms with Gasteiger partial charge >= 0.3 is 0 Å². The molecular formula is C21H33IN4O2S. The molecule has 1 saturated heterocycles. The number of aliphatic imine (C=N–C) groups is 1. The summed E-state index contributed by atoms with van der Waals surface area (Å²) in [7, 11) is 0. The van der Waals surface area contributed by atoms with Gasteiger partial charge in [-0.3, -0.25) is 9.89 Å². The van der Waals surface area contributed by atoms with E-state index < -0.39 is 6.10 Å². The van der Waals surface area contributed by atoms with Crippen LogP contribution in [0.1, 0.15) is 31.8 Å². The Kier molecular flexibility index (Phi) is 9.61. The minimum atomic E-state index is -0.562. The van der Waals surface area contributed by atoms with Crippen LogP contribution in [0.4, 0.5) is 0 Å². The number of guanidine groups is 1. The summed E-state index contributed by atoms with van der Waals surface area (Å²) in [4.78, 5) is 8.17. The number of nitrogens with zero attached hydrogens (tertiary/aromatic N) is 2. The van der Waals surface area contributed by atoms with Gasteiger partial charge in [-0.1, -0.05) is 18.2 Å². The maximum absolute atomic E-state index is 10.6. The number of fused-ring (bicyclic) bond motifs is 1. The minimum absolute atomic E-state index is 0. The van der Waals surface area contributed by atoms with E-state index in [-0.39, 0.29) is 29.5 Å². The summed E-state index contributed by atoms with van der Waals surface area (Å²) in [6.07, 6.45) is -0.562. The van der Waals surface area contributed by atoms with Crippen LogP contribution in [-0.2, 0) is 4.74 Å². The number of nitrogens with one attached hydrogen (secondary N) is 2. The van der Waals surface area contributed by atoms with Gasteiger partial charge in [0.2, 0.25) is 0 Å². The van der Waals surface area contributed by atoms with Crippen LogP contribution in [0.25, 0.3) is 10.1 Å². The average molecular weight is 532 g/mol. The lowest BCUT2D eigenvalue weighted by atomic mass is 10.0. The van der Waals surface area contributed by atoms with Crippen LogP contribution in [0.15, 0.2) is 35.3 Å². The molecule has 2 aromatic rings. The van der Waals surface area contributed by atoms with E-state index in [2.05, 4.69) is 47.6 Å². The summed E-state index contributed by atoms with van der Waals surface area (Å²) in [5.41, 5.74) is -0.0315. The maximum Gasteiger partial charge on any atom is 0.191 e. The highest BCUT2D eigenvalue weighted by atomic mass is 127. The van der Waals surface area contributed by atoms with Gasteiger partial charge in [-0.05, 0) is 38.3 Å². The predicted molar refractivity (Wildman–Crippen MR) is 133 cm³/mol. The van der Waals surface area contributed by atoms with Gasteiger partial charge in [0.15, 0.2) is 5.96 Å². The Morgan fingerprint density at radius 2 is 2.00 bits per heavy atom. The van der Waals surface area contributed by atoms with E-state index in [9.17, 15) is 5.11 Å². The van der Waals surface area contributed by atoms with E-state index >= 15 is 0 Å². The monoisotopic (exact) mass is 532 g/mol. The third kappa shape index (κ3) is 6.78. The van der Waals surface area contributed by atoms with Crippen LogP contribution >= 0.6 is 35.3 Å². The largest absolute Gasteiger partial charge is 0.386 e. The Morgan fingerprint density at radius 1 is 1.28 bits per heavy atom. The number of morpholine rings is 1. The van der Waals surface area contributed by atoms with Crippen molar-refractivity contribution in [3.8, 4) is 0 Å². The van der Waals surface area contributed by atoms with Crippen molar-refractivity contribution >= 4 is 51.4 Å². The van der Waals surface area contributed by atoms with Crippen LogP contribution in [0.3, 0.4) is 0 Å². The molecule has 0 spiro atoms. The predicted octanol–water partition coefficient (Wildman–Crippen LogP) is 3.22. The third-order valence-corrected chi connectivity index (χ3v) is 6.29. The molecule has 1 fully saturated rings. The third-order valence-electron chi connectivity index (χ3n) is 5.07. The molecule has 3 N–H and O–H groups in total. The molecule has 0 saturated carbocycles. The lowest BCUT2D eigenvalue weighted by Gasteiger charge is -2.39. The SMILES string of the molecule is CCNC(=NCC(C)(C)N1CCOCC1)NCC(O)c1cc2ccccc2s1.I. The molecule has 3 rings (SSSR count). The second-order valence-electron chi connectivity index (χ2n) is 7.69. The van der Waals surface area contributed by atoms with Gasteiger partial charge in [-0.25, -0.2) is 0 Å². The number of ether oxygens (including phenoxy) is 1. The number of thiophene rings is 1. The first kappa shape index (κ1) is 24.3. The zero-order valence-electron chi connectivity index (χ0n) is 17.5. The Hall–Kier alpha value is -0.940. The first-order chi connectivity index (χ1) is 13.5. The fraction of sp³-hybridized carbons (Fsp3) is 0.571. The Balaban J connectivity index is 0.00000300. The first-order valence-electron chi connectivity index (χ1n) is 10.0. The van der Waals surface area contributed by atoms with Crippen molar-refractivity contribution in [2.45, 2.75) is 32.4 Å². The van der Waals surface area contributed by atoms with Crippen molar-refractivity contribution in [1.29, 1.82) is 0 Å². The summed E-state index contributed by atoms with van der Waals surface area (Å²) in [6.45, 7) is 11.8. The molecule has 1 aromatic heterocycles. The molecule has 0 radical (unpaired) electrons. The van der Waals surface area contributed by atoms with Gasteiger partial charge in [0.25, 0.3) is 0 Å². The normalized spacial score (nSPS) is 17.0. The molecule has 1 atom stereocenters. The van der Waals surface area contributed by atoms with Crippen molar-refractivity contribution in [3.05, 3.63) is 35.2 Å². The van der Waals surface area contributed by atoms with Crippen molar-refractivity contribution in [1.82, 2.24) is 15.5 Å². The Morgan fingerprint density at radius 3 is 2.69 bits per heavy atom. The second-order valence-corrected chi connectivity index (χ2v) is 8.81. The van der Waals surface area contributed by atoms with Crippen molar-refractivity contribution < 1.29 is 9.84 Å². The van der Waals surface area contributed by atoms with Crippen LogP contribution < -0.4 is 10.6 Å². The molecule has 1 aliphatic heterocycles. The smallest absolute Gasteiger partial charge is 0.191 e. The standard InChI is InChI=1S/C21H32N4O2S.HI/c1-4-22-20(24-15-21(2,3)25-9-11-27-12-10-25)23-14-17(26)19-13-16-7-5-6-8-18(16)28-19;/h5-8,13,17,26H,4,9-12,14-15H2,1-3H3,(H2,22,23,24);1H. The van der Waals surface area contributed by atoms with Gasteiger partial charge in [-0.15, -0.1) is 35.3 Å². The molecule has 29 heavy (non-hydrogen) atoms. The molecule has 1 unspecified atom stereocenters. The van der Waals surface area contributed by atoms with E-state index in [1.165, 1.54) is 10.1 Å². The number of rotatable bonds is 7. The Bertz CT molecular complexity index is 757. The fourth-order valence-electron chi connectivity index (χ4n) is 3.34. The molecule has 0 bridgehead atoms. The average Bonchev–Trinajstić information content (AvgIpc) is 3.15. The van der Waals surface area contributed by atoms with E-state index in [0.29, 0.717) is 13.1 Å². The molecule has 162 valence electrons. The molecule has 0 amide bonds. The topological polar surface area (TPSA) is 69.1 Å². The summed E-state index contributed by atoms with van der Waals surface area (Å²) < 4.78 is 6.66. The summed E-state index contributed by atoms with van der Waals surface area (Å²) in [5.74, 6) is 0.740. The number of hydrogen-bond acceptors (Lipinski definition) is 5. The molecule has 8 heteroatoms. The molecule has 1 aliphatic rings. The van der Waals surface area contributed by atoms with Crippen molar-refractivity contribution in [2.24, 2.45) is 4.99 Å². The van der Waals surface area contributed by atoms with Crippen molar-refractivity contribution in [3.63, 3.8) is 0 Å². The van der Waals surface area contributed by atoms with Crippen LogP contribution in [-0.4, -0.2) is 67.4 Å². The number of benzene rings is 1. The molecule has 0 aliphatic carbocycles. The van der Waals surface area contributed by atoms with Crippen LogP contribution in [0, 0.1) is 0 Å². The van der Waals surface area contributed by atoms with E-state index in [1.54, 1.807) is 11.3 Å². The highest BCUT2D eigenvalue weighted by Crippen LogP contribution is 2.29. The molecule has 1 aromatic carbocycles. The van der Waals surface area contributed by atoms with Crippen LogP contribution in [0.2, 0.25) is 0 Å². The highest BCUT2D eigenvalue weighted by Gasteiger charge is 2.28. The maximum atomic E-state index is 10.6. The van der Waals surface area contributed by atoms with E-state index in [0.717, 1.165) is 43.7 Å². The van der Waals surface area contributed by atoms with Gasteiger partial charge in [-0.2, -0.15) is 0 Å². The molecule has 2 heterocycles. The van der Waals surface area contributed by atoms with Gasteiger partial charge in [0.1, 0.15) is 6.10 Å². The number of aliphatic hydroxyl groups excluding tert-OH is 1. The van der Waals surface area contributed by atoms with Crippen molar-refractivity contribution in [2.75, 3.05) is 45.9 Å². The fourth-order valence-corrected chi connectivity index (χ4v) is 4.39. The van der Waals surface area contributed by atoms with E-state index in [4.69, 9.17) is 9.73 Å². The summed E-state index contributed by atoms with van der Waals surface area (Å²) >= 11 is 1.64. The summed E-state index contributed by atoms with van der Waals surface area (Å²) in [6, 6.07) is 10.3. The molecule has 6 nitrogen and oxygen atoms in total. The zero-order chi connectivity index (χ0) is 20.0.